The molecule has 0 saturated heterocycles. The molecule has 1 rings (SSSR count). The molecule has 0 radical (unpaired) electrons. The summed E-state index contributed by atoms with van der Waals surface area (Å²) in [4.78, 5) is 0. The van der Waals surface area contributed by atoms with Gasteiger partial charge in [0.25, 0.3) is 0 Å². The van der Waals surface area contributed by atoms with Gasteiger partial charge in [-0.25, -0.2) is 0 Å². The number of benzene rings is 1. The summed E-state index contributed by atoms with van der Waals surface area (Å²) in [5, 5.41) is 0. The maximum absolute atomic E-state index is 2.52. The highest BCUT2D eigenvalue weighted by molar-refractivity contribution is 7.73. The summed E-state index contributed by atoms with van der Waals surface area (Å²) in [7, 11) is -0.784. The Kier molecular flexibility index (Phi) is 6.06. The predicted molar refractivity (Wildman–Crippen MR) is 91.6 cm³/mol. The fourth-order valence-corrected chi connectivity index (χ4v) is 5.37. The van der Waals surface area contributed by atoms with Gasteiger partial charge in [-0.3, -0.25) is 0 Å². The molecule has 0 nitrogen and oxygen atoms in total. The number of hydrogen-bond acceptors (Lipinski definition) is 0. The second-order valence-electron chi connectivity index (χ2n) is 7.96. The minimum Gasteiger partial charge on any atom is -0.0624 e. The molecule has 0 aromatic heterocycles. The van der Waals surface area contributed by atoms with Gasteiger partial charge in [-0.1, -0.05) is 58.0 Å². The van der Waals surface area contributed by atoms with Crippen LogP contribution in [0.25, 0.3) is 0 Å². The lowest BCUT2D eigenvalue weighted by Gasteiger charge is -2.25. The molecule has 108 valence electrons. The van der Waals surface area contributed by atoms with Crippen LogP contribution in [-0.2, 0) is 6.16 Å². The second kappa shape index (κ2) is 6.89. The van der Waals surface area contributed by atoms with Crippen LogP contribution in [0.3, 0.4) is 0 Å². The molecule has 1 heteroatoms. The molecule has 0 saturated carbocycles. The molecular formula is C18H32P+. The SMILES string of the molecule is CC(CC[P+](C)(C)Cc1ccccc1)CC(C)(C)C. The standard InChI is InChI=1S/C18H32P/c1-16(14-18(2,3)4)12-13-19(5,6)15-17-10-8-7-9-11-17/h7-11,16H,12-15H2,1-6H3/q+1. The summed E-state index contributed by atoms with van der Waals surface area (Å²) in [5.74, 6) is 0.857. The van der Waals surface area contributed by atoms with Gasteiger partial charge in [0.1, 0.15) is 0 Å². The number of hydrogen-bond donors (Lipinski definition) is 0. The van der Waals surface area contributed by atoms with Gasteiger partial charge in [-0.05, 0) is 29.7 Å². The van der Waals surface area contributed by atoms with Crippen molar-refractivity contribution in [1.29, 1.82) is 0 Å². The summed E-state index contributed by atoms with van der Waals surface area (Å²) >= 11 is 0. The van der Waals surface area contributed by atoms with Crippen LogP contribution < -0.4 is 0 Å². The Hall–Kier alpha value is -0.350. The predicted octanol–water partition coefficient (Wildman–Crippen LogP) is 5.93. The van der Waals surface area contributed by atoms with Crippen molar-refractivity contribution >= 4 is 7.26 Å². The molecule has 1 aromatic carbocycles. The van der Waals surface area contributed by atoms with Crippen molar-refractivity contribution in [3.63, 3.8) is 0 Å². The molecular weight excluding hydrogens is 247 g/mol. The highest BCUT2D eigenvalue weighted by Crippen LogP contribution is 2.55. The van der Waals surface area contributed by atoms with Gasteiger partial charge in [0.15, 0.2) is 0 Å². The van der Waals surface area contributed by atoms with E-state index in [1.165, 1.54) is 30.7 Å². The summed E-state index contributed by atoms with van der Waals surface area (Å²) < 4.78 is 0. The molecule has 1 aromatic rings. The van der Waals surface area contributed by atoms with Crippen molar-refractivity contribution in [2.45, 2.75) is 46.7 Å². The van der Waals surface area contributed by atoms with Crippen molar-refractivity contribution < 1.29 is 0 Å². The smallest absolute Gasteiger partial charge is 0.0624 e. The Balaban J connectivity index is 2.42. The second-order valence-corrected chi connectivity index (χ2v) is 12.6. The summed E-state index contributed by atoms with van der Waals surface area (Å²) in [6.45, 7) is 14.5. The highest BCUT2D eigenvalue weighted by Gasteiger charge is 2.26. The van der Waals surface area contributed by atoms with Crippen LogP contribution in [0.1, 0.15) is 46.1 Å². The zero-order valence-electron chi connectivity index (χ0n) is 13.7. The van der Waals surface area contributed by atoms with Crippen LogP contribution in [-0.4, -0.2) is 19.5 Å². The Bertz CT molecular complexity index is 359. The van der Waals surface area contributed by atoms with Gasteiger partial charge in [0.05, 0.1) is 12.3 Å². The quantitative estimate of drug-likeness (QED) is 0.566. The Morgan fingerprint density at radius 2 is 1.63 bits per heavy atom. The lowest BCUT2D eigenvalue weighted by atomic mass is 9.84. The molecule has 0 bridgehead atoms. The third-order valence-electron chi connectivity index (χ3n) is 3.64. The first-order valence-electron chi connectivity index (χ1n) is 7.54. The number of rotatable bonds is 6. The first-order valence-corrected chi connectivity index (χ1v) is 10.6. The van der Waals surface area contributed by atoms with E-state index in [4.69, 9.17) is 0 Å². The van der Waals surface area contributed by atoms with Gasteiger partial charge >= 0.3 is 0 Å². The maximum atomic E-state index is 2.52. The molecule has 19 heavy (non-hydrogen) atoms. The summed E-state index contributed by atoms with van der Waals surface area (Å²) in [6, 6.07) is 11.0. The van der Waals surface area contributed by atoms with Gasteiger partial charge in [-0.15, -0.1) is 0 Å². The van der Waals surface area contributed by atoms with E-state index in [9.17, 15) is 0 Å². The molecule has 0 N–H and O–H groups in total. The average molecular weight is 279 g/mol. The van der Waals surface area contributed by atoms with Crippen molar-refractivity contribution in [3.8, 4) is 0 Å². The highest BCUT2D eigenvalue weighted by atomic mass is 31.2. The lowest BCUT2D eigenvalue weighted by molar-refractivity contribution is 0.303. The Morgan fingerprint density at radius 1 is 1.05 bits per heavy atom. The van der Waals surface area contributed by atoms with Gasteiger partial charge in [0, 0.05) is 20.6 Å². The normalized spacial score (nSPS) is 14.4. The molecule has 0 fully saturated rings. The molecule has 0 aliphatic heterocycles. The van der Waals surface area contributed by atoms with E-state index in [0.717, 1.165) is 5.92 Å². The fraction of sp³-hybridized carbons (Fsp3) is 0.667. The third-order valence-corrected chi connectivity index (χ3v) is 6.33. The molecule has 0 aliphatic rings. The van der Waals surface area contributed by atoms with E-state index in [1.54, 1.807) is 0 Å². The first kappa shape index (κ1) is 16.7. The van der Waals surface area contributed by atoms with Gasteiger partial charge in [-0.2, -0.15) is 0 Å². The van der Waals surface area contributed by atoms with E-state index in [2.05, 4.69) is 71.4 Å². The Morgan fingerprint density at radius 3 is 2.16 bits per heavy atom. The first-order chi connectivity index (χ1) is 8.68. The van der Waals surface area contributed by atoms with Gasteiger partial charge in [0.2, 0.25) is 0 Å². The molecule has 0 amide bonds. The molecule has 1 atom stereocenters. The minimum atomic E-state index is -0.784. The van der Waals surface area contributed by atoms with Crippen molar-refractivity contribution in [2.75, 3.05) is 19.5 Å². The molecule has 0 heterocycles. The van der Waals surface area contributed by atoms with Crippen LogP contribution in [0.4, 0.5) is 0 Å². The molecule has 0 aliphatic carbocycles. The maximum Gasteiger partial charge on any atom is 0.0837 e. The monoisotopic (exact) mass is 279 g/mol. The van der Waals surface area contributed by atoms with Crippen LogP contribution >= 0.6 is 7.26 Å². The van der Waals surface area contributed by atoms with E-state index >= 15 is 0 Å². The van der Waals surface area contributed by atoms with E-state index in [0.29, 0.717) is 5.41 Å². The van der Waals surface area contributed by atoms with Gasteiger partial charge < -0.3 is 0 Å². The summed E-state index contributed by atoms with van der Waals surface area (Å²) in [6.07, 6.45) is 5.47. The fourth-order valence-electron chi connectivity index (χ4n) is 2.87. The van der Waals surface area contributed by atoms with Crippen LogP contribution in [0.2, 0.25) is 0 Å². The average Bonchev–Trinajstić information content (AvgIpc) is 2.25. The Labute approximate surface area is 121 Å². The lowest BCUT2D eigenvalue weighted by Crippen LogP contribution is -2.13. The van der Waals surface area contributed by atoms with Crippen LogP contribution in [0, 0.1) is 11.3 Å². The topological polar surface area (TPSA) is 0 Å². The minimum absolute atomic E-state index is 0.474. The molecule has 0 spiro atoms. The zero-order chi connectivity index (χ0) is 14.5. The van der Waals surface area contributed by atoms with E-state index in [1.807, 2.05) is 0 Å². The van der Waals surface area contributed by atoms with E-state index in [-0.39, 0.29) is 0 Å². The molecule has 1 unspecified atom stereocenters. The summed E-state index contributed by atoms with van der Waals surface area (Å²) in [5.41, 5.74) is 1.99. The van der Waals surface area contributed by atoms with E-state index < -0.39 is 7.26 Å². The third kappa shape index (κ3) is 7.73. The zero-order valence-corrected chi connectivity index (χ0v) is 14.6. The largest absolute Gasteiger partial charge is 0.0837 e. The van der Waals surface area contributed by atoms with Crippen LogP contribution in [0.15, 0.2) is 30.3 Å². The van der Waals surface area contributed by atoms with Crippen LogP contribution in [0.5, 0.6) is 0 Å². The van der Waals surface area contributed by atoms with Crippen molar-refractivity contribution in [2.24, 2.45) is 11.3 Å². The van der Waals surface area contributed by atoms with Crippen molar-refractivity contribution in [3.05, 3.63) is 35.9 Å². The van der Waals surface area contributed by atoms with Crippen molar-refractivity contribution in [1.82, 2.24) is 0 Å².